The second-order valence-corrected chi connectivity index (χ2v) is 7.01. The number of rotatable bonds is 9. The lowest BCUT2D eigenvalue weighted by molar-refractivity contribution is 0.0698. The van der Waals surface area contributed by atoms with Crippen LogP contribution in [0, 0.1) is 0 Å². The van der Waals surface area contributed by atoms with Crippen LogP contribution in [0.15, 0.2) is 72.8 Å². The fraction of sp³-hybridized carbons (Fsp3) is 0.240. The van der Waals surface area contributed by atoms with Gasteiger partial charge < -0.3 is 15.3 Å². The van der Waals surface area contributed by atoms with Gasteiger partial charge in [-0.1, -0.05) is 36.4 Å². The number of hydrogen-bond donors (Lipinski definition) is 2. The molecule has 0 fully saturated rings. The molecule has 0 unspecified atom stereocenters. The summed E-state index contributed by atoms with van der Waals surface area (Å²) in [7, 11) is 0. The summed E-state index contributed by atoms with van der Waals surface area (Å²) in [5, 5.41) is 12.5. The minimum Gasteiger partial charge on any atom is -0.478 e. The molecule has 0 spiro atoms. The van der Waals surface area contributed by atoms with Crippen molar-refractivity contribution in [1.82, 2.24) is 0 Å². The number of benzene rings is 3. The first-order chi connectivity index (χ1) is 14.1. The van der Waals surface area contributed by atoms with Crippen LogP contribution in [0.2, 0.25) is 0 Å². The maximum atomic E-state index is 11.3. The number of para-hydroxylation sites is 1. The molecule has 0 radical (unpaired) electrons. The Morgan fingerprint density at radius 3 is 2.20 bits per heavy atom. The number of hydrogen-bond acceptors (Lipinski definition) is 3. The summed E-state index contributed by atoms with van der Waals surface area (Å²) in [6.07, 6.45) is 1.96. The summed E-state index contributed by atoms with van der Waals surface area (Å²) >= 11 is 0. The standard InChI is InChI=1S/C25H28N2O2.ClH/c1-3-27(4-2)22-9-7-8-20(18-22)13-12-19-14-16-21(17-15-19)26-24-11-6-5-10-23(24)25(28)29;/h5-11,14-18,26H,3-4,12-13H2,1-2H3,(H,28,29);1H. The first-order valence-electron chi connectivity index (χ1n) is 10.1. The van der Waals surface area contributed by atoms with Gasteiger partial charge in [0.15, 0.2) is 0 Å². The van der Waals surface area contributed by atoms with Gasteiger partial charge >= 0.3 is 5.97 Å². The molecule has 4 nitrogen and oxygen atoms in total. The highest BCUT2D eigenvalue weighted by molar-refractivity contribution is 5.95. The van der Waals surface area contributed by atoms with Crippen LogP contribution in [0.3, 0.4) is 0 Å². The summed E-state index contributed by atoms with van der Waals surface area (Å²) in [4.78, 5) is 13.7. The maximum Gasteiger partial charge on any atom is 0.337 e. The number of aryl methyl sites for hydroxylation is 2. The Morgan fingerprint density at radius 2 is 1.53 bits per heavy atom. The van der Waals surface area contributed by atoms with Gasteiger partial charge in [0.25, 0.3) is 0 Å². The van der Waals surface area contributed by atoms with Gasteiger partial charge in [-0.15, -0.1) is 12.4 Å². The molecule has 0 saturated heterocycles. The average Bonchev–Trinajstić information content (AvgIpc) is 2.75. The van der Waals surface area contributed by atoms with Crippen molar-refractivity contribution in [3.63, 3.8) is 0 Å². The van der Waals surface area contributed by atoms with Gasteiger partial charge in [-0.25, -0.2) is 4.79 Å². The molecule has 0 atom stereocenters. The Morgan fingerprint density at radius 1 is 0.867 bits per heavy atom. The highest BCUT2D eigenvalue weighted by atomic mass is 35.5. The van der Waals surface area contributed by atoms with Crippen molar-refractivity contribution >= 4 is 35.4 Å². The molecule has 0 amide bonds. The Bertz CT molecular complexity index is 953. The van der Waals surface area contributed by atoms with Crippen molar-refractivity contribution in [2.24, 2.45) is 0 Å². The number of carbonyl (C=O) groups is 1. The van der Waals surface area contributed by atoms with E-state index in [9.17, 15) is 9.90 Å². The Hall–Kier alpha value is -2.98. The van der Waals surface area contributed by atoms with E-state index in [0.29, 0.717) is 5.69 Å². The molecule has 0 aliphatic carbocycles. The molecule has 0 bridgehead atoms. The molecule has 2 N–H and O–H groups in total. The molecule has 0 aliphatic heterocycles. The molecule has 3 aromatic rings. The van der Waals surface area contributed by atoms with Gasteiger partial charge in [-0.2, -0.15) is 0 Å². The lowest BCUT2D eigenvalue weighted by Gasteiger charge is -2.21. The van der Waals surface area contributed by atoms with E-state index in [1.165, 1.54) is 16.8 Å². The van der Waals surface area contributed by atoms with E-state index in [1.807, 2.05) is 18.2 Å². The van der Waals surface area contributed by atoms with Crippen LogP contribution in [-0.2, 0) is 12.8 Å². The molecule has 0 heterocycles. The summed E-state index contributed by atoms with van der Waals surface area (Å²) in [5.41, 5.74) is 5.63. The predicted octanol–water partition coefficient (Wildman–Crippen LogP) is 6.18. The first kappa shape index (κ1) is 23.3. The van der Waals surface area contributed by atoms with E-state index >= 15 is 0 Å². The third-order valence-corrected chi connectivity index (χ3v) is 5.13. The summed E-state index contributed by atoms with van der Waals surface area (Å²) < 4.78 is 0. The van der Waals surface area contributed by atoms with Crippen LogP contribution >= 0.6 is 12.4 Å². The Balaban J connectivity index is 0.00000320. The number of anilines is 3. The molecular weight excluding hydrogens is 396 g/mol. The van der Waals surface area contributed by atoms with Gasteiger partial charge in [-0.05, 0) is 74.2 Å². The zero-order valence-corrected chi connectivity index (χ0v) is 18.3. The van der Waals surface area contributed by atoms with Crippen LogP contribution in [0.1, 0.15) is 35.3 Å². The molecule has 3 rings (SSSR count). The molecule has 30 heavy (non-hydrogen) atoms. The monoisotopic (exact) mass is 424 g/mol. The van der Waals surface area contributed by atoms with E-state index in [-0.39, 0.29) is 18.0 Å². The normalized spacial score (nSPS) is 10.2. The quantitative estimate of drug-likeness (QED) is 0.430. The third-order valence-electron chi connectivity index (χ3n) is 5.13. The second kappa shape index (κ2) is 11.3. The number of nitrogens with one attached hydrogen (secondary N) is 1. The van der Waals surface area contributed by atoms with Crippen LogP contribution < -0.4 is 10.2 Å². The molecule has 158 valence electrons. The van der Waals surface area contributed by atoms with Crippen molar-refractivity contribution in [2.45, 2.75) is 26.7 Å². The largest absolute Gasteiger partial charge is 0.478 e. The second-order valence-electron chi connectivity index (χ2n) is 7.01. The molecule has 5 heteroatoms. The fourth-order valence-corrected chi connectivity index (χ4v) is 3.47. The van der Waals surface area contributed by atoms with E-state index in [0.717, 1.165) is 31.6 Å². The highest BCUT2D eigenvalue weighted by Gasteiger charge is 2.09. The predicted molar refractivity (Wildman–Crippen MR) is 128 cm³/mol. The van der Waals surface area contributed by atoms with Crippen molar-refractivity contribution < 1.29 is 9.90 Å². The zero-order valence-electron chi connectivity index (χ0n) is 17.5. The van der Waals surface area contributed by atoms with Crippen molar-refractivity contribution in [3.05, 3.63) is 89.5 Å². The van der Waals surface area contributed by atoms with Crippen LogP contribution in [-0.4, -0.2) is 24.2 Å². The molecule has 0 aliphatic rings. The SMILES string of the molecule is CCN(CC)c1cccc(CCc2ccc(Nc3ccccc3C(=O)O)cc2)c1.Cl. The topological polar surface area (TPSA) is 52.6 Å². The lowest BCUT2D eigenvalue weighted by Crippen LogP contribution is -2.21. The minimum atomic E-state index is -0.934. The fourth-order valence-electron chi connectivity index (χ4n) is 3.47. The van der Waals surface area contributed by atoms with Gasteiger partial charge in [-0.3, -0.25) is 0 Å². The van der Waals surface area contributed by atoms with Crippen LogP contribution in [0.4, 0.5) is 17.1 Å². The minimum absolute atomic E-state index is 0. The number of carboxylic acids is 1. The Labute approximate surface area is 185 Å². The van der Waals surface area contributed by atoms with Gasteiger partial charge in [0.05, 0.1) is 11.3 Å². The van der Waals surface area contributed by atoms with E-state index in [1.54, 1.807) is 18.2 Å². The molecule has 0 aromatic heterocycles. The smallest absolute Gasteiger partial charge is 0.337 e. The number of halogens is 1. The van der Waals surface area contributed by atoms with Crippen molar-refractivity contribution in [1.29, 1.82) is 0 Å². The average molecular weight is 425 g/mol. The van der Waals surface area contributed by atoms with E-state index in [4.69, 9.17) is 0 Å². The third kappa shape index (κ3) is 6.01. The van der Waals surface area contributed by atoms with Gasteiger partial charge in [0, 0.05) is 24.5 Å². The van der Waals surface area contributed by atoms with Crippen LogP contribution in [0.5, 0.6) is 0 Å². The summed E-state index contributed by atoms with van der Waals surface area (Å²) in [5.74, 6) is -0.934. The molecule has 0 saturated carbocycles. The Kier molecular flexibility index (Phi) is 8.75. The number of carboxylic acid groups (broad SMARTS) is 1. The first-order valence-corrected chi connectivity index (χ1v) is 10.1. The summed E-state index contributed by atoms with van der Waals surface area (Å²) in [6.45, 7) is 6.39. The van der Waals surface area contributed by atoms with Gasteiger partial charge in [0.2, 0.25) is 0 Å². The zero-order chi connectivity index (χ0) is 20.6. The molecular formula is C25H29ClN2O2. The van der Waals surface area contributed by atoms with Crippen molar-refractivity contribution in [2.75, 3.05) is 23.3 Å². The molecule has 3 aromatic carbocycles. The maximum absolute atomic E-state index is 11.3. The number of aromatic carboxylic acids is 1. The lowest BCUT2D eigenvalue weighted by atomic mass is 10.0. The van der Waals surface area contributed by atoms with Crippen LogP contribution in [0.25, 0.3) is 0 Å². The highest BCUT2D eigenvalue weighted by Crippen LogP contribution is 2.22. The van der Waals surface area contributed by atoms with E-state index < -0.39 is 5.97 Å². The number of nitrogens with zero attached hydrogens (tertiary/aromatic N) is 1. The van der Waals surface area contributed by atoms with Crippen molar-refractivity contribution in [3.8, 4) is 0 Å². The van der Waals surface area contributed by atoms with Gasteiger partial charge in [0.1, 0.15) is 0 Å². The van der Waals surface area contributed by atoms with E-state index in [2.05, 4.69) is 60.5 Å². The summed E-state index contributed by atoms with van der Waals surface area (Å²) in [6, 6.07) is 23.9.